The van der Waals surface area contributed by atoms with E-state index in [1.165, 1.54) is 0 Å². The van der Waals surface area contributed by atoms with Gasteiger partial charge in [0.05, 0.1) is 5.02 Å². The molecule has 7 heteroatoms. The second-order valence-corrected chi connectivity index (χ2v) is 6.46. The standard InChI is InChI=1S/C17H23ClN2O4/c1-22-17(3-6-19-7-4-17)16(21)20-5-2-12-10-13(18)15-14(11-12)23-8-9-24-15/h10-11,19H,2-9H2,1H3,(H,20,21). The highest BCUT2D eigenvalue weighted by Gasteiger charge is 2.39. The SMILES string of the molecule is COC1(C(=O)NCCc2cc(Cl)c3c(c2)OCCO3)CCNCC1. The number of fused-ring (bicyclic) bond motifs is 1. The van der Waals surface area contributed by atoms with E-state index in [1.54, 1.807) is 7.11 Å². The Morgan fingerprint density at radius 1 is 1.33 bits per heavy atom. The molecule has 0 saturated carbocycles. The fourth-order valence-electron chi connectivity index (χ4n) is 3.14. The molecule has 6 nitrogen and oxygen atoms in total. The third-order valence-electron chi connectivity index (χ3n) is 4.57. The van der Waals surface area contributed by atoms with E-state index in [0.717, 1.165) is 18.7 Å². The van der Waals surface area contributed by atoms with Crippen molar-refractivity contribution in [3.8, 4) is 11.5 Å². The summed E-state index contributed by atoms with van der Waals surface area (Å²) in [6.45, 7) is 3.13. The number of methoxy groups -OCH3 is 1. The van der Waals surface area contributed by atoms with E-state index in [2.05, 4.69) is 10.6 Å². The van der Waals surface area contributed by atoms with Gasteiger partial charge in [0, 0.05) is 13.7 Å². The maximum absolute atomic E-state index is 12.5. The van der Waals surface area contributed by atoms with Crippen molar-refractivity contribution in [1.29, 1.82) is 0 Å². The van der Waals surface area contributed by atoms with Crippen LogP contribution in [0.3, 0.4) is 0 Å². The molecule has 0 aromatic heterocycles. The van der Waals surface area contributed by atoms with Crippen molar-refractivity contribution in [2.75, 3.05) is 40.0 Å². The molecule has 1 amide bonds. The number of hydrogen-bond donors (Lipinski definition) is 2. The molecule has 24 heavy (non-hydrogen) atoms. The third kappa shape index (κ3) is 3.61. The molecule has 132 valence electrons. The van der Waals surface area contributed by atoms with Crippen LogP contribution >= 0.6 is 11.6 Å². The summed E-state index contributed by atoms with van der Waals surface area (Å²) in [4.78, 5) is 12.5. The Labute approximate surface area is 146 Å². The van der Waals surface area contributed by atoms with Gasteiger partial charge in [-0.1, -0.05) is 11.6 Å². The van der Waals surface area contributed by atoms with Crippen molar-refractivity contribution >= 4 is 17.5 Å². The monoisotopic (exact) mass is 354 g/mol. The number of ether oxygens (including phenoxy) is 3. The number of rotatable bonds is 5. The Bertz CT molecular complexity index is 602. The van der Waals surface area contributed by atoms with Crippen LogP contribution in [0, 0.1) is 0 Å². The van der Waals surface area contributed by atoms with E-state index in [9.17, 15) is 4.79 Å². The number of benzene rings is 1. The maximum atomic E-state index is 12.5. The molecule has 2 aliphatic rings. The van der Waals surface area contributed by atoms with E-state index >= 15 is 0 Å². The van der Waals surface area contributed by atoms with Crippen molar-refractivity contribution in [1.82, 2.24) is 10.6 Å². The van der Waals surface area contributed by atoms with Crippen molar-refractivity contribution in [2.24, 2.45) is 0 Å². The molecule has 2 heterocycles. The van der Waals surface area contributed by atoms with Gasteiger partial charge in [-0.3, -0.25) is 4.79 Å². The van der Waals surface area contributed by atoms with Gasteiger partial charge in [-0.15, -0.1) is 0 Å². The van der Waals surface area contributed by atoms with Crippen LogP contribution in [0.25, 0.3) is 0 Å². The van der Waals surface area contributed by atoms with Crippen LogP contribution in [0.2, 0.25) is 5.02 Å². The fourth-order valence-corrected chi connectivity index (χ4v) is 3.43. The van der Waals surface area contributed by atoms with E-state index in [-0.39, 0.29) is 5.91 Å². The van der Waals surface area contributed by atoms with Crippen molar-refractivity contribution < 1.29 is 19.0 Å². The number of carbonyl (C=O) groups is 1. The molecular formula is C17H23ClN2O4. The molecule has 0 radical (unpaired) electrons. The molecule has 0 unspecified atom stereocenters. The molecular weight excluding hydrogens is 332 g/mol. The molecule has 1 aromatic carbocycles. The number of amides is 1. The van der Waals surface area contributed by atoms with Crippen molar-refractivity contribution in [2.45, 2.75) is 24.9 Å². The number of piperidine rings is 1. The zero-order valence-corrected chi connectivity index (χ0v) is 14.6. The summed E-state index contributed by atoms with van der Waals surface area (Å²) < 4.78 is 16.6. The number of halogens is 1. The van der Waals surface area contributed by atoms with Gasteiger partial charge in [0.2, 0.25) is 0 Å². The van der Waals surface area contributed by atoms with Crippen LogP contribution in [0.15, 0.2) is 12.1 Å². The number of hydrogen-bond acceptors (Lipinski definition) is 5. The lowest BCUT2D eigenvalue weighted by molar-refractivity contribution is -0.146. The summed E-state index contributed by atoms with van der Waals surface area (Å²) in [6.07, 6.45) is 2.04. The summed E-state index contributed by atoms with van der Waals surface area (Å²) in [7, 11) is 1.60. The molecule has 2 aliphatic heterocycles. The molecule has 0 atom stereocenters. The Morgan fingerprint density at radius 2 is 2.08 bits per heavy atom. The minimum absolute atomic E-state index is 0.0462. The first-order valence-electron chi connectivity index (χ1n) is 8.27. The van der Waals surface area contributed by atoms with E-state index in [0.29, 0.717) is 55.5 Å². The van der Waals surface area contributed by atoms with Gasteiger partial charge in [0.25, 0.3) is 5.91 Å². The zero-order valence-electron chi connectivity index (χ0n) is 13.8. The first kappa shape index (κ1) is 17.3. The van der Waals surface area contributed by atoms with Crippen LogP contribution in [0.1, 0.15) is 18.4 Å². The zero-order chi connectivity index (χ0) is 17.0. The van der Waals surface area contributed by atoms with Crippen molar-refractivity contribution in [3.05, 3.63) is 22.7 Å². The highest BCUT2D eigenvalue weighted by atomic mass is 35.5. The first-order valence-corrected chi connectivity index (χ1v) is 8.65. The first-order chi connectivity index (χ1) is 11.6. The molecule has 1 fully saturated rings. The largest absolute Gasteiger partial charge is 0.486 e. The summed E-state index contributed by atoms with van der Waals surface area (Å²) in [5.41, 5.74) is 0.289. The average Bonchev–Trinajstić information content (AvgIpc) is 2.62. The molecule has 0 aliphatic carbocycles. The van der Waals surface area contributed by atoms with Gasteiger partial charge in [0.1, 0.15) is 18.8 Å². The molecule has 0 bridgehead atoms. The fraction of sp³-hybridized carbons (Fsp3) is 0.588. The van der Waals surface area contributed by atoms with E-state index < -0.39 is 5.60 Å². The van der Waals surface area contributed by atoms with E-state index in [4.69, 9.17) is 25.8 Å². The number of nitrogens with one attached hydrogen (secondary N) is 2. The van der Waals surface area contributed by atoms with Crippen LogP contribution in [-0.4, -0.2) is 51.5 Å². The highest BCUT2D eigenvalue weighted by molar-refractivity contribution is 6.32. The predicted octanol–water partition coefficient (Wildman–Crippen LogP) is 1.54. The van der Waals surface area contributed by atoms with Crippen molar-refractivity contribution in [3.63, 3.8) is 0 Å². The second-order valence-electron chi connectivity index (χ2n) is 6.06. The van der Waals surface area contributed by atoms with Crippen LogP contribution in [0.5, 0.6) is 11.5 Å². The molecule has 1 saturated heterocycles. The smallest absolute Gasteiger partial charge is 0.252 e. The highest BCUT2D eigenvalue weighted by Crippen LogP contribution is 2.38. The maximum Gasteiger partial charge on any atom is 0.252 e. The lowest BCUT2D eigenvalue weighted by atomic mass is 9.91. The summed E-state index contributed by atoms with van der Waals surface area (Å²) >= 11 is 6.24. The quantitative estimate of drug-likeness (QED) is 0.839. The normalized spacial score (nSPS) is 18.9. The summed E-state index contributed by atoms with van der Waals surface area (Å²) in [5, 5.41) is 6.77. The Kier molecular flexibility index (Phi) is 5.48. The van der Waals surface area contributed by atoms with Crippen LogP contribution in [-0.2, 0) is 16.0 Å². The molecule has 0 spiro atoms. The van der Waals surface area contributed by atoms with E-state index in [1.807, 2.05) is 12.1 Å². The van der Waals surface area contributed by atoms with Gasteiger partial charge in [0.15, 0.2) is 11.5 Å². The van der Waals surface area contributed by atoms with Crippen LogP contribution in [0.4, 0.5) is 0 Å². The summed E-state index contributed by atoms with van der Waals surface area (Å²) in [5.74, 6) is 1.22. The van der Waals surface area contributed by atoms with Gasteiger partial charge < -0.3 is 24.8 Å². The lowest BCUT2D eigenvalue weighted by Crippen LogP contribution is -2.54. The predicted molar refractivity (Wildman–Crippen MR) is 91.0 cm³/mol. The van der Waals surface area contributed by atoms with Gasteiger partial charge >= 0.3 is 0 Å². The second kappa shape index (κ2) is 7.59. The Hall–Kier alpha value is -1.50. The Morgan fingerprint density at radius 3 is 2.83 bits per heavy atom. The van der Waals surface area contributed by atoms with Gasteiger partial charge in [-0.05, 0) is 50.0 Å². The third-order valence-corrected chi connectivity index (χ3v) is 4.85. The summed E-state index contributed by atoms with van der Waals surface area (Å²) in [6, 6.07) is 3.78. The lowest BCUT2D eigenvalue weighted by Gasteiger charge is -2.34. The van der Waals surface area contributed by atoms with Gasteiger partial charge in [-0.25, -0.2) is 0 Å². The molecule has 1 aromatic rings. The topological polar surface area (TPSA) is 68.8 Å². The minimum Gasteiger partial charge on any atom is -0.486 e. The molecule has 2 N–H and O–H groups in total. The van der Waals surface area contributed by atoms with Crippen LogP contribution < -0.4 is 20.1 Å². The average molecular weight is 355 g/mol. The Balaban J connectivity index is 1.58. The minimum atomic E-state index is -0.713. The number of carbonyl (C=O) groups excluding carboxylic acids is 1. The molecule has 3 rings (SSSR count). The van der Waals surface area contributed by atoms with Gasteiger partial charge in [-0.2, -0.15) is 0 Å².